The zero-order valence-corrected chi connectivity index (χ0v) is 14.0. The van der Waals surface area contributed by atoms with Crippen molar-refractivity contribution in [1.29, 1.82) is 0 Å². The van der Waals surface area contributed by atoms with Crippen LogP contribution in [-0.4, -0.2) is 28.0 Å². The Morgan fingerprint density at radius 3 is 2.40 bits per heavy atom. The number of nitrogens with zero attached hydrogens (tertiary/aromatic N) is 3. The molecule has 2 N–H and O–H groups in total. The molecule has 1 aliphatic carbocycles. The van der Waals surface area contributed by atoms with Gasteiger partial charge in [-0.25, -0.2) is 4.98 Å². The van der Waals surface area contributed by atoms with Crippen molar-refractivity contribution in [2.75, 3.05) is 11.4 Å². The highest BCUT2D eigenvalue weighted by Gasteiger charge is 2.27. The van der Waals surface area contributed by atoms with E-state index >= 15 is 0 Å². The number of rotatable bonds is 4. The predicted octanol–water partition coefficient (Wildman–Crippen LogP) is 3.32. The molecule has 1 aromatic rings. The predicted molar refractivity (Wildman–Crippen MR) is 86.5 cm³/mol. The fourth-order valence-electron chi connectivity index (χ4n) is 2.73. The molecular formula is C15H28N4S. The first-order valence-corrected chi connectivity index (χ1v) is 8.55. The van der Waals surface area contributed by atoms with Crippen molar-refractivity contribution < 1.29 is 0 Å². The van der Waals surface area contributed by atoms with Crippen LogP contribution in [0.4, 0.5) is 5.13 Å². The van der Waals surface area contributed by atoms with E-state index in [0.29, 0.717) is 12.1 Å². The van der Waals surface area contributed by atoms with Gasteiger partial charge in [0.25, 0.3) is 0 Å². The van der Waals surface area contributed by atoms with Gasteiger partial charge in [-0.15, -0.1) is 0 Å². The second-order valence-electron chi connectivity index (χ2n) is 6.91. The second kappa shape index (κ2) is 6.39. The van der Waals surface area contributed by atoms with Crippen LogP contribution in [0.5, 0.6) is 0 Å². The van der Waals surface area contributed by atoms with Crippen LogP contribution in [0.15, 0.2) is 0 Å². The van der Waals surface area contributed by atoms with Crippen molar-refractivity contribution in [2.45, 2.75) is 77.3 Å². The van der Waals surface area contributed by atoms with Crippen molar-refractivity contribution in [3.8, 4) is 0 Å². The summed E-state index contributed by atoms with van der Waals surface area (Å²) < 4.78 is 4.56. The van der Waals surface area contributed by atoms with Gasteiger partial charge in [-0.1, -0.05) is 27.7 Å². The molecule has 1 fully saturated rings. The van der Waals surface area contributed by atoms with E-state index in [1.807, 2.05) is 0 Å². The highest BCUT2D eigenvalue weighted by atomic mass is 32.1. The number of hydrogen-bond donors (Lipinski definition) is 1. The van der Waals surface area contributed by atoms with Gasteiger partial charge in [0.2, 0.25) is 5.13 Å². The number of hydrogen-bond acceptors (Lipinski definition) is 5. The maximum absolute atomic E-state index is 6.03. The van der Waals surface area contributed by atoms with Crippen LogP contribution < -0.4 is 10.6 Å². The van der Waals surface area contributed by atoms with Gasteiger partial charge < -0.3 is 10.6 Å². The molecule has 0 saturated heterocycles. The van der Waals surface area contributed by atoms with Gasteiger partial charge in [-0.3, -0.25) is 0 Å². The van der Waals surface area contributed by atoms with E-state index in [9.17, 15) is 0 Å². The second-order valence-corrected chi connectivity index (χ2v) is 7.64. The minimum absolute atomic E-state index is 0.0293. The highest BCUT2D eigenvalue weighted by Crippen LogP contribution is 2.30. The molecule has 114 valence electrons. The summed E-state index contributed by atoms with van der Waals surface area (Å²) in [6.07, 6.45) is 5.79. The molecule has 5 heteroatoms. The van der Waals surface area contributed by atoms with E-state index in [4.69, 9.17) is 10.7 Å². The summed E-state index contributed by atoms with van der Waals surface area (Å²) in [5.41, 5.74) is 6.06. The Balaban J connectivity index is 2.14. The molecule has 0 unspecified atom stereocenters. The smallest absolute Gasteiger partial charge is 0.205 e. The standard InChI is InChI=1S/C15H28N4S/c1-5-10-19(12-8-6-11(16)7-9-12)14-17-13(18-20-14)15(2,3)4/h11-12H,5-10,16H2,1-4H3. The van der Waals surface area contributed by atoms with E-state index in [1.165, 1.54) is 12.8 Å². The molecule has 0 atom stereocenters. The van der Waals surface area contributed by atoms with Gasteiger partial charge in [-0.05, 0) is 32.1 Å². The normalized spacial score (nSPS) is 23.9. The van der Waals surface area contributed by atoms with Gasteiger partial charge in [0.05, 0.1) is 0 Å². The lowest BCUT2D eigenvalue weighted by Gasteiger charge is -2.35. The first-order valence-electron chi connectivity index (χ1n) is 7.78. The molecule has 1 saturated carbocycles. The Hall–Kier alpha value is -0.680. The van der Waals surface area contributed by atoms with Crippen molar-refractivity contribution in [3.05, 3.63) is 5.82 Å². The average Bonchev–Trinajstić information content (AvgIpc) is 2.86. The van der Waals surface area contributed by atoms with Crippen LogP contribution in [-0.2, 0) is 5.41 Å². The van der Waals surface area contributed by atoms with Crippen molar-refractivity contribution in [3.63, 3.8) is 0 Å². The van der Waals surface area contributed by atoms with Crippen LogP contribution in [0, 0.1) is 0 Å². The Kier molecular flexibility index (Phi) is 5.02. The topological polar surface area (TPSA) is 55.0 Å². The molecular weight excluding hydrogens is 268 g/mol. The SMILES string of the molecule is CCCN(c1nc(C(C)(C)C)ns1)C1CCC(N)CC1. The number of aromatic nitrogens is 2. The monoisotopic (exact) mass is 296 g/mol. The fraction of sp³-hybridized carbons (Fsp3) is 0.867. The van der Waals surface area contributed by atoms with Gasteiger partial charge in [-0.2, -0.15) is 4.37 Å². The van der Waals surface area contributed by atoms with Crippen LogP contribution >= 0.6 is 11.5 Å². The minimum atomic E-state index is 0.0293. The maximum Gasteiger partial charge on any atom is 0.205 e. The highest BCUT2D eigenvalue weighted by molar-refractivity contribution is 7.09. The van der Waals surface area contributed by atoms with Gasteiger partial charge in [0.15, 0.2) is 0 Å². The summed E-state index contributed by atoms with van der Waals surface area (Å²) in [4.78, 5) is 7.27. The van der Waals surface area contributed by atoms with E-state index in [-0.39, 0.29) is 5.41 Å². The first kappa shape index (κ1) is 15.7. The first-order chi connectivity index (χ1) is 9.41. The molecule has 0 spiro atoms. The van der Waals surface area contributed by atoms with Gasteiger partial charge >= 0.3 is 0 Å². The van der Waals surface area contributed by atoms with Crippen LogP contribution in [0.1, 0.15) is 65.6 Å². The zero-order chi connectivity index (χ0) is 14.8. The van der Waals surface area contributed by atoms with Gasteiger partial charge in [0, 0.05) is 35.6 Å². The van der Waals surface area contributed by atoms with Gasteiger partial charge in [0.1, 0.15) is 5.82 Å². The number of anilines is 1. The van der Waals surface area contributed by atoms with E-state index in [1.54, 1.807) is 11.5 Å². The molecule has 1 heterocycles. The van der Waals surface area contributed by atoms with Crippen LogP contribution in [0.2, 0.25) is 0 Å². The third-order valence-corrected chi connectivity index (χ3v) is 4.73. The largest absolute Gasteiger partial charge is 0.344 e. The summed E-state index contributed by atoms with van der Waals surface area (Å²) in [6, 6.07) is 0.991. The molecule has 1 aliphatic rings. The third kappa shape index (κ3) is 3.70. The molecule has 0 aromatic carbocycles. The quantitative estimate of drug-likeness (QED) is 0.926. The zero-order valence-electron chi connectivity index (χ0n) is 13.2. The lowest BCUT2D eigenvalue weighted by Crippen LogP contribution is -2.41. The fourth-order valence-corrected chi connectivity index (χ4v) is 3.68. The lowest BCUT2D eigenvalue weighted by atomic mass is 9.91. The molecule has 20 heavy (non-hydrogen) atoms. The summed E-state index contributed by atoms with van der Waals surface area (Å²) in [5.74, 6) is 0.964. The van der Waals surface area contributed by atoms with Crippen molar-refractivity contribution in [1.82, 2.24) is 9.36 Å². The molecule has 4 nitrogen and oxygen atoms in total. The summed E-state index contributed by atoms with van der Waals surface area (Å²) in [7, 11) is 0. The Morgan fingerprint density at radius 1 is 1.25 bits per heavy atom. The van der Waals surface area contributed by atoms with Crippen LogP contribution in [0.3, 0.4) is 0 Å². The average molecular weight is 296 g/mol. The van der Waals surface area contributed by atoms with E-state index in [0.717, 1.165) is 36.8 Å². The molecule has 0 amide bonds. The summed E-state index contributed by atoms with van der Waals surface area (Å²) in [6.45, 7) is 9.81. The maximum atomic E-state index is 6.03. The molecule has 1 aromatic heterocycles. The summed E-state index contributed by atoms with van der Waals surface area (Å²) in [5, 5.41) is 1.09. The van der Waals surface area contributed by atoms with E-state index < -0.39 is 0 Å². The molecule has 0 aliphatic heterocycles. The Labute approximate surface area is 126 Å². The van der Waals surface area contributed by atoms with Crippen molar-refractivity contribution in [2.24, 2.45) is 5.73 Å². The Bertz CT molecular complexity index is 416. The lowest BCUT2D eigenvalue weighted by molar-refractivity contribution is 0.375. The summed E-state index contributed by atoms with van der Waals surface area (Å²) >= 11 is 1.55. The molecule has 2 rings (SSSR count). The Morgan fingerprint density at radius 2 is 1.90 bits per heavy atom. The third-order valence-electron chi connectivity index (χ3n) is 3.98. The molecule has 0 bridgehead atoms. The van der Waals surface area contributed by atoms with Crippen LogP contribution in [0.25, 0.3) is 0 Å². The molecule has 0 radical (unpaired) electrons. The van der Waals surface area contributed by atoms with Crippen molar-refractivity contribution >= 4 is 16.7 Å². The minimum Gasteiger partial charge on any atom is -0.344 e. The van der Waals surface area contributed by atoms with E-state index in [2.05, 4.69) is 37.0 Å². The number of nitrogens with two attached hydrogens (primary N) is 1.